The van der Waals surface area contributed by atoms with Gasteiger partial charge in [-0.25, -0.2) is 0 Å². The van der Waals surface area contributed by atoms with Gasteiger partial charge in [0.2, 0.25) is 5.91 Å². The van der Waals surface area contributed by atoms with Crippen LogP contribution in [-0.4, -0.2) is 140 Å². The Labute approximate surface area is 383 Å². The lowest BCUT2D eigenvalue weighted by molar-refractivity contribution is -0.311. The van der Waals surface area contributed by atoms with Crippen LogP contribution in [0, 0.1) is 23.7 Å². The number of aliphatic hydroxyl groups excluding tert-OH is 1. The normalized spacial score (nSPS) is 48.3. The Morgan fingerprint density at radius 1 is 0.938 bits per heavy atom. The first-order valence-electron chi connectivity index (χ1n) is 24.6. The first-order chi connectivity index (χ1) is 31.6. The van der Waals surface area contributed by atoms with Crippen LogP contribution in [0.25, 0.3) is 0 Å². The molecule has 1 amide bonds. The molecule has 0 radical (unpaired) electrons. The Hall–Kier alpha value is -2.80. The number of ether oxygens (including phenoxy) is 10. The molecule has 3 N–H and O–H groups in total. The standard InChI is InChI=1S/C49H73NO14/c1-25(2)43-28(5)17-18-48(64-43)23-35-20-34(63-48)16-15-27(4)44(26(3)13-12-14-33-24-57-46-42(52)29(6)19-36(47(53)60-35)49(33,46)54)61-40-22-38(56-11)45(31(8)59-40)62-39-21-37(55-10)41(30(7)58-39)50-32(9)51/h12-15,17-19,25-26,28,30-31,34-46,52,54H,16,20-24H2,1-11H3,(H,50,51)/b13-12+,27-15+,33-14+/t26-,28-,30+,31+,34+,35+,36+,37+,38+,39+,40+,41-,42-,43+,44-,45-,46+,48?,49+/m1/s1/i9D3. The number of methoxy groups -OCH3 is 2. The van der Waals surface area contributed by atoms with E-state index in [0.29, 0.717) is 30.4 Å². The fourth-order valence-electron chi connectivity index (χ4n) is 10.8. The number of hydrogen-bond donors (Lipinski definition) is 3. The van der Waals surface area contributed by atoms with E-state index in [4.69, 9.17) is 51.5 Å². The highest BCUT2D eigenvalue weighted by molar-refractivity contribution is 5.78. The van der Waals surface area contributed by atoms with Crippen molar-refractivity contribution in [3.8, 4) is 0 Å². The molecule has 2 bridgehead atoms. The highest BCUT2D eigenvalue weighted by Gasteiger charge is 2.60. The van der Waals surface area contributed by atoms with Gasteiger partial charge >= 0.3 is 5.97 Å². The van der Waals surface area contributed by atoms with E-state index in [9.17, 15) is 19.8 Å². The van der Waals surface area contributed by atoms with E-state index in [1.807, 2.05) is 39.0 Å². The summed E-state index contributed by atoms with van der Waals surface area (Å²) in [4.78, 5) is 26.7. The van der Waals surface area contributed by atoms with E-state index in [-0.39, 0.29) is 43.3 Å². The molecule has 0 aromatic carbocycles. The van der Waals surface area contributed by atoms with Crippen LogP contribution in [0.3, 0.4) is 0 Å². The average molecular weight is 903 g/mol. The zero-order valence-corrected chi connectivity index (χ0v) is 39.0. The number of esters is 1. The summed E-state index contributed by atoms with van der Waals surface area (Å²) in [5.74, 6) is -3.87. The molecule has 64 heavy (non-hydrogen) atoms. The molecule has 4 fully saturated rings. The largest absolute Gasteiger partial charge is 0.462 e. The molecule has 0 aromatic heterocycles. The van der Waals surface area contributed by atoms with Gasteiger partial charge in [-0.05, 0) is 62.8 Å². The third-order valence-corrected chi connectivity index (χ3v) is 14.3. The van der Waals surface area contributed by atoms with E-state index < -0.39 is 116 Å². The molecular formula is C49H73NO14. The lowest BCUT2D eigenvalue weighted by Crippen LogP contribution is -2.58. The fraction of sp³-hybridized carbons (Fsp3) is 0.755. The lowest BCUT2D eigenvalue weighted by Gasteiger charge is -2.48. The molecular weight excluding hydrogens is 827 g/mol. The first-order valence-corrected chi connectivity index (χ1v) is 23.1. The van der Waals surface area contributed by atoms with Crippen molar-refractivity contribution in [2.75, 3.05) is 20.8 Å². The van der Waals surface area contributed by atoms with Crippen LogP contribution >= 0.6 is 0 Å². The lowest BCUT2D eigenvalue weighted by atomic mass is 9.71. The van der Waals surface area contributed by atoms with Crippen LogP contribution in [-0.2, 0) is 57.0 Å². The van der Waals surface area contributed by atoms with Gasteiger partial charge in [-0.3, -0.25) is 9.59 Å². The van der Waals surface area contributed by atoms with Crippen molar-refractivity contribution >= 4 is 11.9 Å². The first kappa shape index (κ1) is 45.0. The number of aliphatic hydroxyl groups is 2. The van der Waals surface area contributed by atoms with Gasteiger partial charge in [-0.1, -0.05) is 64.2 Å². The molecule has 1 spiro atoms. The number of allylic oxidation sites excluding steroid dienone is 2. The number of carbonyl (C=O) groups excluding carboxylic acids is 2. The van der Waals surface area contributed by atoms with Crippen molar-refractivity contribution in [3.63, 3.8) is 0 Å². The fourth-order valence-corrected chi connectivity index (χ4v) is 10.8. The molecule has 15 nitrogen and oxygen atoms in total. The van der Waals surface area contributed by atoms with Gasteiger partial charge in [0.1, 0.15) is 35.9 Å². The van der Waals surface area contributed by atoms with Gasteiger partial charge in [0.15, 0.2) is 18.4 Å². The highest BCUT2D eigenvalue weighted by Crippen LogP contribution is 2.47. The SMILES string of the molecule is [2H]C([2H])([2H])C(=O)N[C@@H]1[C@H](C)O[C@@H](O[C@@H]2[C@H](C)O[C@@H](O[C@H]3/C(C)=C/C[C@H]4C[C@@H](CC5(C=C[C@@H](C)[C@H](C(C)C)O5)O4)OC(=O)[C@@H]4C=C(C)[C@@H](O)[C@@H]5OC/C(=C\C=C\[C@H]3C)[C@]45O)C[C@@H]2OC)C[C@@H]1OC. The number of amides is 1. The molecule has 358 valence electrons. The summed E-state index contributed by atoms with van der Waals surface area (Å²) in [6.07, 6.45) is 6.78. The predicted molar refractivity (Wildman–Crippen MR) is 234 cm³/mol. The van der Waals surface area contributed by atoms with Crippen molar-refractivity contribution in [2.24, 2.45) is 23.7 Å². The van der Waals surface area contributed by atoms with Gasteiger partial charge in [-0.2, -0.15) is 0 Å². The number of fused-ring (bicyclic) bond motifs is 2. The molecule has 1 aliphatic carbocycles. The van der Waals surface area contributed by atoms with Crippen LogP contribution in [0.15, 0.2) is 59.3 Å². The molecule has 19 atom stereocenters. The second-order valence-corrected chi connectivity index (χ2v) is 19.3. The summed E-state index contributed by atoms with van der Waals surface area (Å²) < 4.78 is 86.4. The van der Waals surface area contributed by atoms with Gasteiger partial charge in [0, 0.05) is 62.7 Å². The van der Waals surface area contributed by atoms with Gasteiger partial charge in [0.25, 0.3) is 0 Å². The molecule has 4 saturated heterocycles. The molecule has 15 heteroatoms. The van der Waals surface area contributed by atoms with Crippen LogP contribution < -0.4 is 5.32 Å². The van der Waals surface area contributed by atoms with Crippen molar-refractivity contribution in [3.05, 3.63) is 59.3 Å². The smallest absolute Gasteiger partial charge is 0.316 e. The van der Waals surface area contributed by atoms with Crippen molar-refractivity contribution in [1.29, 1.82) is 0 Å². The minimum absolute atomic E-state index is 0.00469. The second-order valence-electron chi connectivity index (χ2n) is 19.3. The van der Waals surface area contributed by atoms with E-state index in [1.54, 1.807) is 33.1 Å². The molecule has 7 rings (SSSR count). The zero-order valence-electron chi connectivity index (χ0n) is 42.0. The predicted octanol–water partition coefficient (Wildman–Crippen LogP) is 5.13. The summed E-state index contributed by atoms with van der Waals surface area (Å²) in [7, 11) is 3.09. The second kappa shape index (κ2) is 20.2. The zero-order chi connectivity index (χ0) is 48.7. The Balaban J connectivity index is 1.14. The minimum atomic E-state index is -2.82. The Bertz CT molecular complexity index is 1940. The number of rotatable bonds is 8. The molecule has 6 aliphatic heterocycles. The average Bonchev–Trinajstić information content (AvgIpc) is 3.61. The highest BCUT2D eigenvalue weighted by atomic mass is 16.7. The van der Waals surface area contributed by atoms with Crippen molar-refractivity contribution in [2.45, 2.75) is 191 Å². The number of nitrogens with one attached hydrogen (secondary N) is 1. The van der Waals surface area contributed by atoms with Gasteiger partial charge < -0.3 is 62.9 Å². The van der Waals surface area contributed by atoms with E-state index in [1.165, 1.54) is 7.11 Å². The third kappa shape index (κ3) is 10.2. The maximum absolute atomic E-state index is 14.3. The topological polar surface area (TPSA) is 179 Å². The van der Waals surface area contributed by atoms with Crippen LogP contribution in [0.4, 0.5) is 0 Å². The van der Waals surface area contributed by atoms with Crippen molar-refractivity contribution in [1.82, 2.24) is 5.32 Å². The Morgan fingerprint density at radius 3 is 2.38 bits per heavy atom. The summed E-state index contributed by atoms with van der Waals surface area (Å²) in [5.41, 5.74) is 0.0138. The third-order valence-electron chi connectivity index (χ3n) is 14.3. The summed E-state index contributed by atoms with van der Waals surface area (Å²) in [5, 5.41) is 26.3. The van der Waals surface area contributed by atoms with Gasteiger partial charge in [-0.15, -0.1) is 0 Å². The van der Waals surface area contributed by atoms with Gasteiger partial charge in [0.05, 0.1) is 55.4 Å². The molecule has 6 heterocycles. The van der Waals surface area contributed by atoms with E-state index in [2.05, 4.69) is 38.2 Å². The minimum Gasteiger partial charge on any atom is -0.462 e. The number of hydrogen-bond acceptors (Lipinski definition) is 14. The Morgan fingerprint density at radius 2 is 1.66 bits per heavy atom. The monoisotopic (exact) mass is 903 g/mol. The Kier molecular flexibility index (Phi) is 14.2. The number of carbonyl (C=O) groups is 2. The van der Waals surface area contributed by atoms with Crippen LogP contribution in [0.5, 0.6) is 0 Å². The molecule has 7 aliphatic rings. The van der Waals surface area contributed by atoms with E-state index in [0.717, 1.165) is 5.57 Å². The molecule has 1 unspecified atom stereocenters. The van der Waals surface area contributed by atoms with Crippen LogP contribution in [0.1, 0.15) is 98.5 Å². The van der Waals surface area contributed by atoms with Crippen LogP contribution in [0.2, 0.25) is 0 Å². The molecule has 0 saturated carbocycles. The summed E-state index contributed by atoms with van der Waals surface area (Å²) in [6, 6.07) is -0.707. The maximum Gasteiger partial charge on any atom is 0.316 e. The quantitative estimate of drug-likeness (QED) is 0.216. The van der Waals surface area contributed by atoms with Crippen molar-refractivity contribution < 1.29 is 71.3 Å². The van der Waals surface area contributed by atoms with E-state index >= 15 is 0 Å². The summed E-state index contributed by atoms with van der Waals surface area (Å²) in [6.45, 7) is 12.9. The summed E-state index contributed by atoms with van der Waals surface area (Å²) >= 11 is 0. The molecule has 0 aromatic rings. The maximum atomic E-state index is 14.3.